The molecule has 0 aromatic heterocycles. The minimum Gasteiger partial charge on any atom is -0.365 e. The highest BCUT2D eigenvalue weighted by Crippen LogP contribution is 2.41. The monoisotopic (exact) mass is 168 g/mol. The molecular formula is C9H9ClO. The maximum Gasteiger partial charge on any atom is 0.115 e. The van der Waals surface area contributed by atoms with Crippen molar-refractivity contribution < 1.29 is 4.74 Å². The molecule has 1 aliphatic rings. The van der Waals surface area contributed by atoms with Gasteiger partial charge in [-0.1, -0.05) is 29.8 Å². The number of hydrogen-bond acceptors (Lipinski definition) is 1. The predicted molar refractivity (Wildman–Crippen MR) is 44.8 cm³/mol. The van der Waals surface area contributed by atoms with Crippen LogP contribution in [0.4, 0.5) is 0 Å². The molecule has 58 valence electrons. The Labute approximate surface area is 70.9 Å². The zero-order valence-electron chi connectivity index (χ0n) is 6.30. The second kappa shape index (κ2) is 2.23. The van der Waals surface area contributed by atoms with Gasteiger partial charge in [-0.3, -0.25) is 0 Å². The standard InChI is InChI=1S/C9H9ClO/c1-9(6-11-9)7-4-2-3-5-8(7)10/h2-5H,6H2,1H3. The molecule has 1 heterocycles. The Morgan fingerprint density at radius 3 is 2.64 bits per heavy atom. The Balaban J connectivity index is 2.45. The van der Waals surface area contributed by atoms with Crippen LogP contribution in [0.1, 0.15) is 12.5 Å². The third-order valence-electron chi connectivity index (χ3n) is 2.02. The fourth-order valence-electron chi connectivity index (χ4n) is 1.15. The molecule has 1 saturated heterocycles. The van der Waals surface area contributed by atoms with Crippen LogP contribution in [0.3, 0.4) is 0 Å². The van der Waals surface area contributed by atoms with Crippen LogP contribution < -0.4 is 0 Å². The molecule has 1 aromatic carbocycles. The predicted octanol–water partition coefficient (Wildman–Crippen LogP) is 2.59. The first-order valence-corrected chi connectivity index (χ1v) is 3.99. The van der Waals surface area contributed by atoms with Crippen LogP contribution in [0, 0.1) is 0 Å². The molecule has 0 amide bonds. The number of benzene rings is 1. The van der Waals surface area contributed by atoms with Gasteiger partial charge in [0, 0.05) is 10.6 Å². The van der Waals surface area contributed by atoms with Gasteiger partial charge in [0.25, 0.3) is 0 Å². The summed E-state index contributed by atoms with van der Waals surface area (Å²) in [4.78, 5) is 0. The summed E-state index contributed by atoms with van der Waals surface area (Å²) in [5.74, 6) is 0. The quantitative estimate of drug-likeness (QED) is 0.588. The van der Waals surface area contributed by atoms with E-state index in [2.05, 4.69) is 0 Å². The van der Waals surface area contributed by atoms with Crippen LogP contribution in [0.15, 0.2) is 24.3 Å². The Morgan fingerprint density at radius 2 is 2.09 bits per heavy atom. The fraction of sp³-hybridized carbons (Fsp3) is 0.333. The van der Waals surface area contributed by atoms with Crippen molar-refractivity contribution in [2.45, 2.75) is 12.5 Å². The van der Waals surface area contributed by atoms with Gasteiger partial charge in [0.05, 0.1) is 6.61 Å². The summed E-state index contributed by atoms with van der Waals surface area (Å²) in [6.45, 7) is 2.84. The van der Waals surface area contributed by atoms with Crippen molar-refractivity contribution in [1.82, 2.24) is 0 Å². The highest BCUT2D eigenvalue weighted by molar-refractivity contribution is 6.31. The van der Waals surface area contributed by atoms with E-state index in [1.165, 1.54) is 0 Å². The number of halogens is 1. The van der Waals surface area contributed by atoms with Gasteiger partial charge in [-0.2, -0.15) is 0 Å². The van der Waals surface area contributed by atoms with Crippen LogP contribution in [0.2, 0.25) is 5.02 Å². The first kappa shape index (κ1) is 7.14. The van der Waals surface area contributed by atoms with E-state index in [0.717, 1.165) is 17.2 Å². The third-order valence-corrected chi connectivity index (χ3v) is 2.35. The summed E-state index contributed by atoms with van der Waals surface area (Å²) in [5, 5.41) is 0.799. The van der Waals surface area contributed by atoms with E-state index < -0.39 is 0 Å². The van der Waals surface area contributed by atoms with E-state index in [4.69, 9.17) is 16.3 Å². The van der Waals surface area contributed by atoms with E-state index in [1.807, 2.05) is 31.2 Å². The van der Waals surface area contributed by atoms with Crippen LogP contribution >= 0.6 is 11.6 Å². The van der Waals surface area contributed by atoms with Crippen molar-refractivity contribution in [3.8, 4) is 0 Å². The van der Waals surface area contributed by atoms with Crippen LogP contribution in [0.25, 0.3) is 0 Å². The second-order valence-electron chi connectivity index (χ2n) is 3.00. The van der Waals surface area contributed by atoms with Gasteiger partial charge in [-0.15, -0.1) is 0 Å². The van der Waals surface area contributed by atoms with E-state index in [9.17, 15) is 0 Å². The summed E-state index contributed by atoms with van der Waals surface area (Å²) in [6, 6.07) is 7.81. The maximum atomic E-state index is 5.97. The lowest BCUT2D eigenvalue weighted by molar-refractivity contribution is 0.329. The molecule has 1 aromatic rings. The normalized spacial score (nSPS) is 28.5. The molecule has 0 radical (unpaired) electrons. The molecule has 1 fully saturated rings. The van der Waals surface area contributed by atoms with Gasteiger partial charge in [-0.05, 0) is 13.0 Å². The van der Waals surface area contributed by atoms with Crippen molar-refractivity contribution in [3.63, 3.8) is 0 Å². The molecule has 1 atom stereocenters. The number of epoxide rings is 1. The lowest BCUT2D eigenvalue weighted by atomic mass is 10.0. The molecule has 0 saturated carbocycles. The maximum absolute atomic E-state index is 5.97. The molecule has 1 aliphatic heterocycles. The van der Waals surface area contributed by atoms with Crippen LogP contribution in [-0.2, 0) is 10.3 Å². The molecule has 0 N–H and O–H groups in total. The summed E-state index contributed by atoms with van der Waals surface area (Å²) in [6.07, 6.45) is 0. The number of ether oxygens (including phenoxy) is 1. The number of hydrogen-bond donors (Lipinski definition) is 0. The van der Waals surface area contributed by atoms with Crippen molar-refractivity contribution in [3.05, 3.63) is 34.9 Å². The third kappa shape index (κ3) is 1.15. The summed E-state index contributed by atoms with van der Waals surface area (Å²) < 4.78 is 5.28. The van der Waals surface area contributed by atoms with E-state index >= 15 is 0 Å². The lowest BCUT2D eigenvalue weighted by Crippen LogP contribution is -2.01. The summed E-state index contributed by atoms with van der Waals surface area (Å²) in [5.41, 5.74) is 1.000. The van der Waals surface area contributed by atoms with Crippen molar-refractivity contribution in [2.24, 2.45) is 0 Å². The Hall–Kier alpha value is -0.530. The zero-order chi connectivity index (χ0) is 7.90. The van der Waals surface area contributed by atoms with Crippen LogP contribution in [-0.4, -0.2) is 6.61 Å². The average molecular weight is 169 g/mol. The summed E-state index contributed by atoms with van der Waals surface area (Å²) >= 11 is 5.97. The van der Waals surface area contributed by atoms with Gasteiger partial charge >= 0.3 is 0 Å². The molecule has 2 rings (SSSR count). The first-order valence-electron chi connectivity index (χ1n) is 3.61. The molecule has 1 nitrogen and oxygen atoms in total. The fourth-order valence-corrected chi connectivity index (χ4v) is 1.49. The van der Waals surface area contributed by atoms with E-state index in [0.29, 0.717) is 0 Å². The van der Waals surface area contributed by atoms with Gasteiger partial charge in [-0.25, -0.2) is 0 Å². The minimum atomic E-state index is -0.0989. The summed E-state index contributed by atoms with van der Waals surface area (Å²) in [7, 11) is 0. The molecule has 0 spiro atoms. The molecule has 0 bridgehead atoms. The van der Waals surface area contributed by atoms with Crippen molar-refractivity contribution in [2.75, 3.05) is 6.61 Å². The second-order valence-corrected chi connectivity index (χ2v) is 3.41. The molecule has 2 heteroatoms. The van der Waals surface area contributed by atoms with Crippen LogP contribution in [0.5, 0.6) is 0 Å². The van der Waals surface area contributed by atoms with Gasteiger partial charge in [0.2, 0.25) is 0 Å². The van der Waals surface area contributed by atoms with E-state index in [-0.39, 0.29) is 5.60 Å². The molecular weight excluding hydrogens is 160 g/mol. The first-order chi connectivity index (χ1) is 5.22. The Bertz CT molecular complexity index is 279. The highest BCUT2D eigenvalue weighted by atomic mass is 35.5. The van der Waals surface area contributed by atoms with Crippen molar-refractivity contribution in [1.29, 1.82) is 0 Å². The van der Waals surface area contributed by atoms with Gasteiger partial charge < -0.3 is 4.74 Å². The molecule has 0 aliphatic carbocycles. The number of rotatable bonds is 1. The Kier molecular flexibility index (Phi) is 1.44. The van der Waals surface area contributed by atoms with E-state index in [1.54, 1.807) is 0 Å². The lowest BCUT2D eigenvalue weighted by Gasteiger charge is -2.06. The average Bonchev–Trinajstić information content (AvgIpc) is 2.70. The largest absolute Gasteiger partial charge is 0.365 e. The smallest absolute Gasteiger partial charge is 0.115 e. The van der Waals surface area contributed by atoms with Gasteiger partial charge in [0.1, 0.15) is 5.60 Å². The molecule has 1 unspecified atom stereocenters. The minimum absolute atomic E-state index is 0.0989. The Morgan fingerprint density at radius 1 is 1.45 bits per heavy atom. The SMILES string of the molecule is CC1(c2ccccc2Cl)CO1. The zero-order valence-corrected chi connectivity index (χ0v) is 7.06. The topological polar surface area (TPSA) is 12.5 Å². The molecule has 11 heavy (non-hydrogen) atoms. The highest BCUT2D eigenvalue weighted by Gasteiger charge is 2.42. The van der Waals surface area contributed by atoms with Gasteiger partial charge in [0.15, 0.2) is 0 Å². The van der Waals surface area contributed by atoms with Crippen molar-refractivity contribution >= 4 is 11.6 Å².